The van der Waals surface area contributed by atoms with E-state index in [1.54, 1.807) is 13.8 Å². The Bertz CT molecular complexity index is 775. The van der Waals surface area contributed by atoms with E-state index < -0.39 is 23.4 Å². The molecule has 25 heavy (non-hydrogen) atoms. The molecule has 2 atom stereocenters. The Balaban J connectivity index is 2.42. The Morgan fingerprint density at radius 1 is 1.16 bits per heavy atom. The van der Waals surface area contributed by atoms with Gasteiger partial charge in [-0.1, -0.05) is 0 Å². The first-order valence-corrected chi connectivity index (χ1v) is 8.22. The van der Waals surface area contributed by atoms with Crippen molar-refractivity contribution in [3.63, 3.8) is 0 Å². The average molecular weight is 348 g/mol. The molecule has 2 aliphatic heterocycles. The van der Waals surface area contributed by atoms with E-state index in [2.05, 4.69) is 0 Å². The maximum absolute atomic E-state index is 12.3. The molecule has 0 spiro atoms. The van der Waals surface area contributed by atoms with E-state index in [9.17, 15) is 15.0 Å². The van der Waals surface area contributed by atoms with E-state index >= 15 is 0 Å². The minimum atomic E-state index is -1.25. The third-order valence-corrected chi connectivity index (χ3v) is 4.68. The summed E-state index contributed by atoms with van der Waals surface area (Å²) in [6.07, 6.45) is 1.24. The van der Waals surface area contributed by atoms with Gasteiger partial charge in [-0.05, 0) is 46.8 Å². The number of hydrogen-bond donors (Lipinski definition) is 2. The highest BCUT2D eigenvalue weighted by Crippen LogP contribution is 2.54. The summed E-state index contributed by atoms with van der Waals surface area (Å²) in [6.45, 7) is 8.48. The summed E-state index contributed by atoms with van der Waals surface area (Å²) in [7, 11) is 1.47. The van der Waals surface area contributed by atoms with Crippen molar-refractivity contribution >= 4 is 11.9 Å². The third-order valence-electron chi connectivity index (χ3n) is 4.68. The summed E-state index contributed by atoms with van der Waals surface area (Å²) < 4.78 is 17.5. The van der Waals surface area contributed by atoms with E-state index in [0.717, 1.165) is 0 Å². The van der Waals surface area contributed by atoms with E-state index in [1.165, 1.54) is 14.0 Å². The molecular weight excluding hydrogens is 324 g/mol. The first kappa shape index (κ1) is 17.8. The van der Waals surface area contributed by atoms with E-state index in [-0.39, 0.29) is 22.7 Å². The van der Waals surface area contributed by atoms with Crippen molar-refractivity contribution in [3.8, 4) is 17.2 Å². The minimum absolute atomic E-state index is 0.206. The van der Waals surface area contributed by atoms with Gasteiger partial charge in [-0.2, -0.15) is 0 Å². The van der Waals surface area contributed by atoms with Crippen LogP contribution in [0.15, 0.2) is 6.08 Å². The fourth-order valence-corrected chi connectivity index (χ4v) is 3.33. The van der Waals surface area contributed by atoms with Crippen LogP contribution in [0, 0.1) is 0 Å². The Morgan fingerprint density at radius 2 is 1.80 bits per heavy atom. The molecule has 0 saturated heterocycles. The maximum Gasteiger partial charge on any atom is 0.167 e. The highest BCUT2D eigenvalue weighted by molar-refractivity contribution is 6.02. The molecule has 6 heteroatoms. The van der Waals surface area contributed by atoms with Crippen molar-refractivity contribution in [2.24, 2.45) is 0 Å². The molecule has 1 aromatic carbocycles. The van der Waals surface area contributed by atoms with Crippen LogP contribution in [0.3, 0.4) is 0 Å². The molecule has 0 saturated carbocycles. The average Bonchev–Trinajstić information content (AvgIpc) is 2.49. The van der Waals surface area contributed by atoms with Crippen molar-refractivity contribution in [1.82, 2.24) is 0 Å². The molecule has 2 N–H and O–H groups in total. The van der Waals surface area contributed by atoms with Gasteiger partial charge in [-0.15, -0.1) is 0 Å². The zero-order valence-electron chi connectivity index (χ0n) is 15.3. The normalized spacial score (nSPS) is 25.3. The number of carbonyl (C=O) groups is 1. The molecule has 0 fully saturated rings. The molecule has 0 aliphatic carbocycles. The van der Waals surface area contributed by atoms with Gasteiger partial charge in [0.15, 0.2) is 5.78 Å². The van der Waals surface area contributed by atoms with Crippen molar-refractivity contribution < 1.29 is 29.2 Å². The Kier molecular flexibility index (Phi) is 3.89. The summed E-state index contributed by atoms with van der Waals surface area (Å²) in [5, 5.41) is 21.3. The summed E-state index contributed by atoms with van der Waals surface area (Å²) >= 11 is 0. The third kappa shape index (κ3) is 2.60. The van der Waals surface area contributed by atoms with Gasteiger partial charge >= 0.3 is 0 Å². The largest absolute Gasteiger partial charge is 0.495 e. The van der Waals surface area contributed by atoms with Crippen molar-refractivity contribution in [1.29, 1.82) is 0 Å². The van der Waals surface area contributed by atoms with Crippen LogP contribution < -0.4 is 14.2 Å². The Labute approximate surface area is 147 Å². The van der Waals surface area contributed by atoms with Crippen LogP contribution in [0.5, 0.6) is 17.2 Å². The number of fused-ring (bicyclic) bond motifs is 3. The minimum Gasteiger partial charge on any atom is -0.495 e. The number of Topliss-reactive ketones (excluding diaryl/α,β-unsaturated/α-hetero) is 1. The van der Waals surface area contributed by atoms with Gasteiger partial charge in [0.25, 0.3) is 0 Å². The van der Waals surface area contributed by atoms with Crippen LogP contribution in [0.4, 0.5) is 0 Å². The van der Waals surface area contributed by atoms with Gasteiger partial charge in [0.05, 0.1) is 18.2 Å². The number of rotatable bonds is 2. The molecule has 0 bridgehead atoms. The molecule has 0 radical (unpaired) electrons. The van der Waals surface area contributed by atoms with Crippen LogP contribution in [0.1, 0.15) is 62.2 Å². The highest BCUT2D eigenvalue weighted by atomic mass is 16.5. The number of benzene rings is 1. The Hall–Kier alpha value is -2.05. The number of aliphatic hydroxyl groups is 2. The number of hydrogen-bond acceptors (Lipinski definition) is 6. The van der Waals surface area contributed by atoms with Crippen molar-refractivity contribution in [2.45, 2.75) is 58.0 Å². The zero-order chi connectivity index (χ0) is 18.7. The monoisotopic (exact) mass is 348 g/mol. The lowest BCUT2D eigenvalue weighted by Crippen LogP contribution is -2.49. The summed E-state index contributed by atoms with van der Waals surface area (Å²) in [6, 6.07) is 0. The second-order valence-corrected chi connectivity index (χ2v) is 7.58. The van der Waals surface area contributed by atoms with E-state index in [4.69, 9.17) is 14.2 Å². The van der Waals surface area contributed by atoms with Gasteiger partial charge in [-0.3, -0.25) is 4.79 Å². The number of ketones is 1. The second kappa shape index (κ2) is 5.47. The molecule has 6 nitrogen and oxygen atoms in total. The summed E-state index contributed by atoms with van der Waals surface area (Å²) in [5.74, 6) is 0.657. The number of carbonyl (C=O) groups excluding carboxylic acids is 1. The molecule has 0 unspecified atom stereocenters. The smallest absolute Gasteiger partial charge is 0.167 e. The van der Waals surface area contributed by atoms with Crippen LogP contribution in [0.25, 0.3) is 6.08 Å². The second-order valence-electron chi connectivity index (χ2n) is 7.58. The maximum atomic E-state index is 12.3. The molecule has 2 aliphatic rings. The van der Waals surface area contributed by atoms with Gasteiger partial charge < -0.3 is 24.4 Å². The number of aliphatic hydroxyl groups excluding tert-OH is 2. The highest BCUT2D eigenvalue weighted by Gasteiger charge is 2.47. The topological polar surface area (TPSA) is 85.2 Å². The van der Waals surface area contributed by atoms with Crippen LogP contribution >= 0.6 is 0 Å². The van der Waals surface area contributed by atoms with Crippen molar-refractivity contribution in [2.75, 3.05) is 7.11 Å². The molecule has 1 aromatic rings. The van der Waals surface area contributed by atoms with Gasteiger partial charge in [0.1, 0.15) is 46.2 Å². The molecule has 0 amide bonds. The van der Waals surface area contributed by atoms with E-state index in [0.29, 0.717) is 17.1 Å². The lowest BCUT2D eigenvalue weighted by atomic mass is 9.83. The quantitative estimate of drug-likeness (QED) is 0.799. The molecule has 2 heterocycles. The van der Waals surface area contributed by atoms with Crippen LogP contribution in [-0.2, 0) is 0 Å². The lowest BCUT2D eigenvalue weighted by molar-refractivity contribution is -0.113. The van der Waals surface area contributed by atoms with E-state index in [1.807, 2.05) is 26.0 Å². The number of ether oxygens (including phenoxy) is 3. The van der Waals surface area contributed by atoms with Gasteiger partial charge in [0, 0.05) is 0 Å². The van der Waals surface area contributed by atoms with Gasteiger partial charge in [0.2, 0.25) is 0 Å². The lowest BCUT2D eigenvalue weighted by Gasteiger charge is -2.43. The SMILES string of the molecule is COc1c2c(c3c(c1C(C)=O)OC(C)(C)[C@H](O)[C@H]3O)OC(C)(C)C=C2. The predicted octanol–water partition coefficient (Wildman–Crippen LogP) is 2.65. The predicted molar refractivity (Wildman–Crippen MR) is 92.4 cm³/mol. The molecule has 136 valence electrons. The summed E-state index contributed by atoms with van der Waals surface area (Å²) in [5.41, 5.74) is -0.606. The molecule has 3 rings (SSSR count). The first-order valence-electron chi connectivity index (χ1n) is 8.22. The fraction of sp³-hybridized carbons (Fsp3) is 0.526. The zero-order valence-corrected chi connectivity index (χ0v) is 15.3. The molecule has 0 aromatic heterocycles. The van der Waals surface area contributed by atoms with Gasteiger partial charge in [-0.25, -0.2) is 0 Å². The van der Waals surface area contributed by atoms with Crippen LogP contribution in [0.2, 0.25) is 0 Å². The number of methoxy groups -OCH3 is 1. The summed E-state index contributed by atoms with van der Waals surface area (Å²) in [4.78, 5) is 12.3. The first-order chi connectivity index (χ1) is 11.5. The molecular formula is C19H24O6. The Morgan fingerprint density at radius 3 is 2.36 bits per heavy atom. The van der Waals surface area contributed by atoms with Crippen molar-refractivity contribution in [3.05, 3.63) is 22.8 Å². The standard InChI is InChI=1S/C19H24O6/c1-9(20)11-14(23-6)10-7-8-18(2,3)24-15(10)12-13(21)17(22)19(4,5)25-16(11)12/h7-8,13,17,21-22H,1-6H3/t13-,17+/m0/s1. The van der Waals surface area contributed by atoms with Crippen LogP contribution in [-0.4, -0.2) is 40.4 Å². The fourth-order valence-electron chi connectivity index (χ4n) is 3.33.